The molecule has 19 heavy (non-hydrogen) atoms. The van der Waals surface area contributed by atoms with E-state index in [9.17, 15) is 0 Å². The Balaban J connectivity index is 1.91. The van der Waals surface area contributed by atoms with Crippen LogP contribution in [-0.2, 0) is 6.54 Å². The van der Waals surface area contributed by atoms with Crippen LogP contribution < -0.4 is 0 Å². The molecule has 1 fully saturated rings. The second-order valence-electron chi connectivity index (χ2n) is 5.29. The molecule has 1 aliphatic rings. The first-order chi connectivity index (χ1) is 9.15. The number of nitrogens with zero attached hydrogens (tertiary/aromatic N) is 2. The number of H-pyrrole nitrogens is 1. The number of imidazole rings is 1. The summed E-state index contributed by atoms with van der Waals surface area (Å²) in [5.74, 6) is 0. The Morgan fingerprint density at radius 1 is 1.37 bits per heavy atom. The summed E-state index contributed by atoms with van der Waals surface area (Å²) in [6, 6.07) is 7.01. The van der Waals surface area contributed by atoms with Crippen molar-refractivity contribution in [2.45, 2.75) is 32.4 Å². The third kappa shape index (κ3) is 2.73. The molecular formula is C14H18IN3S. The molecule has 0 saturated carbocycles. The quantitative estimate of drug-likeness (QED) is 0.640. The van der Waals surface area contributed by atoms with Crippen LogP contribution in [-0.4, -0.2) is 33.6 Å². The molecule has 1 N–H and O–H groups in total. The lowest BCUT2D eigenvalue weighted by Gasteiger charge is -2.24. The van der Waals surface area contributed by atoms with Crippen molar-refractivity contribution in [3.63, 3.8) is 0 Å². The highest BCUT2D eigenvalue weighted by Crippen LogP contribution is 2.19. The third-order valence-electron chi connectivity index (χ3n) is 3.95. The van der Waals surface area contributed by atoms with E-state index < -0.39 is 0 Å². The number of hydrogen-bond donors (Lipinski definition) is 1. The van der Waals surface area contributed by atoms with Crippen LogP contribution in [0.5, 0.6) is 0 Å². The van der Waals surface area contributed by atoms with Crippen molar-refractivity contribution in [3.8, 4) is 0 Å². The monoisotopic (exact) mass is 387 g/mol. The van der Waals surface area contributed by atoms with Crippen LogP contribution in [0.2, 0.25) is 0 Å². The van der Waals surface area contributed by atoms with E-state index in [-0.39, 0.29) is 0 Å². The molecule has 1 aliphatic heterocycles. The first-order valence-corrected chi connectivity index (χ1v) is 8.26. The van der Waals surface area contributed by atoms with Crippen molar-refractivity contribution >= 4 is 45.8 Å². The summed E-state index contributed by atoms with van der Waals surface area (Å²) in [4.78, 5) is 5.88. The highest BCUT2D eigenvalue weighted by molar-refractivity contribution is 14.1. The molecule has 102 valence electrons. The third-order valence-corrected chi connectivity index (χ3v) is 4.94. The number of benzene rings is 1. The van der Waals surface area contributed by atoms with Crippen LogP contribution in [0.4, 0.5) is 0 Å². The van der Waals surface area contributed by atoms with E-state index in [2.05, 4.69) is 62.2 Å². The molecule has 1 saturated heterocycles. The maximum absolute atomic E-state index is 5.48. The van der Waals surface area contributed by atoms with E-state index in [1.807, 2.05) is 0 Å². The second-order valence-corrected chi connectivity index (χ2v) is 6.93. The summed E-state index contributed by atoms with van der Waals surface area (Å²) >= 11 is 7.81. The van der Waals surface area contributed by atoms with Gasteiger partial charge in [-0.25, -0.2) is 0 Å². The Hall–Kier alpha value is -0.400. The van der Waals surface area contributed by atoms with Crippen molar-refractivity contribution < 1.29 is 0 Å². The van der Waals surface area contributed by atoms with Gasteiger partial charge in [-0.05, 0) is 85.9 Å². The van der Waals surface area contributed by atoms with E-state index >= 15 is 0 Å². The van der Waals surface area contributed by atoms with Crippen molar-refractivity contribution in [1.82, 2.24) is 14.5 Å². The van der Waals surface area contributed by atoms with Gasteiger partial charge in [0.15, 0.2) is 4.77 Å². The largest absolute Gasteiger partial charge is 0.331 e. The zero-order chi connectivity index (χ0) is 13.4. The van der Waals surface area contributed by atoms with Gasteiger partial charge in [0.1, 0.15) is 0 Å². The Kier molecular flexibility index (Phi) is 3.96. The number of fused-ring (bicyclic) bond motifs is 1. The Morgan fingerprint density at radius 3 is 2.84 bits per heavy atom. The standard InChI is InChI=1S/C14H18IN3S/c1-10(17-6-2-3-7-17)9-18-13-5-4-11(15)8-12(13)16-14(18)19/h4-5,8,10H,2-3,6-7,9H2,1H3,(H,16,19). The van der Waals surface area contributed by atoms with E-state index in [1.165, 1.54) is 35.0 Å². The molecule has 0 aliphatic carbocycles. The van der Waals surface area contributed by atoms with Gasteiger partial charge in [0.05, 0.1) is 11.0 Å². The predicted octanol–water partition coefficient (Wildman–Crippen LogP) is 3.79. The van der Waals surface area contributed by atoms with Gasteiger partial charge in [-0.2, -0.15) is 0 Å². The average molecular weight is 387 g/mol. The summed E-state index contributed by atoms with van der Waals surface area (Å²) in [6.07, 6.45) is 2.67. The van der Waals surface area contributed by atoms with Gasteiger partial charge in [-0.1, -0.05) is 0 Å². The average Bonchev–Trinajstić information content (AvgIpc) is 2.98. The highest BCUT2D eigenvalue weighted by Gasteiger charge is 2.19. The van der Waals surface area contributed by atoms with Crippen molar-refractivity contribution in [2.24, 2.45) is 0 Å². The van der Waals surface area contributed by atoms with Crippen LogP contribution >= 0.6 is 34.8 Å². The second kappa shape index (κ2) is 5.54. The zero-order valence-corrected chi connectivity index (χ0v) is 14.0. The number of aromatic amines is 1. The molecule has 1 atom stereocenters. The predicted molar refractivity (Wildman–Crippen MR) is 90.1 cm³/mol. The molecule has 1 aromatic carbocycles. The molecule has 2 aromatic rings. The first kappa shape index (κ1) is 13.6. The van der Waals surface area contributed by atoms with E-state index in [0.29, 0.717) is 6.04 Å². The molecule has 3 rings (SSSR count). The van der Waals surface area contributed by atoms with Gasteiger partial charge in [-0.3, -0.25) is 4.90 Å². The molecule has 3 nitrogen and oxygen atoms in total. The number of hydrogen-bond acceptors (Lipinski definition) is 2. The molecule has 1 unspecified atom stereocenters. The molecular weight excluding hydrogens is 369 g/mol. The molecule has 0 radical (unpaired) electrons. The molecule has 1 aromatic heterocycles. The van der Waals surface area contributed by atoms with Gasteiger partial charge < -0.3 is 9.55 Å². The normalized spacial score (nSPS) is 18.2. The summed E-state index contributed by atoms with van der Waals surface area (Å²) in [6.45, 7) is 5.74. The maximum atomic E-state index is 5.48. The number of halogens is 1. The Bertz CT molecular complexity index is 640. The number of likely N-dealkylation sites (tertiary alicyclic amines) is 1. The smallest absolute Gasteiger partial charge is 0.178 e. The lowest BCUT2D eigenvalue weighted by atomic mass is 10.2. The van der Waals surface area contributed by atoms with Gasteiger partial charge in [0, 0.05) is 16.2 Å². The maximum Gasteiger partial charge on any atom is 0.178 e. The highest BCUT2D eigenvalue weighted by atomic mass is 127. The minimum absolute atomic E-state index is 0.549. The van der Waals surface area contributed by atoms with E-state index in [0.717, 1.165) is 16.8 Å². The first-order valence-electron chi connectivity index (χ1n) is 6.77. The fourth-order valence-electron chi connectivity index (χ4n) is 2.88. The number of aromatic nitrogens is 2. The lowest BCUT2D eigenvalue weighted by Crippen LogP contribution is -2.33. The van der Waals surface area contributed by atoms with E-state index in [4.69, 9.17) is 12.2 Å². The van der Waals surface area contributed by atoms with Crippen molar-refractivity contribution in [3.05, 3.63) is 26.5 Å². The van der Waals surface area contributed by atoms with Crippen LogP contribution in [0.3, 0.4) is 0 Å². The molecule has 0 bridgehead atoms. The summed E-state index contributed by atoms with van der Waals surface area (Å²) in [5.41, 5.74) is 2.36. The van der Waals surface area contributed by atoms with Gasteiger partial charge in [-0.15, -0.1) is 0 Å². The van der Waals surface area contributed by atoms with Crippen LogP contribution in [0.15, 0.2) is 18.2 Å². The molecule has 2 heterocycles. The Labute approximate surface area is 132 Å². The Morgan fingerprint density at radius 2 is 2.11 bits per heavy atom. The zero-order valence-electron chi connectivity index (χ0n) is 11.0. The van der Waals surface area contributed by atoms with Gasteiger partial charge in [0.25, 0.3) is 0 Å². The van der Waals surface area contributed by atoms with Crippen molar-refractivity contribution in [2.75, 3.05) is 13.1 Å². The SMILES string of the molecule is CC(Cn1c(=S)[nH]c2cc(I)ccc21)N1CCCC1. The van der Waals surface area contributed by atoms with Gasteiger partial charge >= 0.3 is 0 Å². The molecule has 0 amide bonds. The minimum atomic E-state index is 0.549. The van der Waals surface area contributed by atoms with Gasteiger partial charge in [0.2, 0.25) is 0 Å². The summed E-state index contributed by atoms with van der Waals surface area (Å²) in [7, 11) is 0. The topological polar surface area (TPSA) is 24.0 Å². The minimum Gasteiger partial charge on any atom is -0.331 e. The summed E-state index contributed by atoms with van der Waals surface area (Å²) in [5, 5.41) is 0. The summed E-state index contributed by atoms with van der Waals surface area (Å²) < 4.78 is 4.31. The fourth-order valence-corrected chi connectivity index (χ4v) is 3.65. The number of nitrogens with one attached hydrogen (secondary N) is 1. The lowest BCUT2D eigenvalue weighted by molar-refractivity contribution is 0.237. The van der Waals surface area contributed by atoms with Crippen LogP contribution in [0, 0.1) is 8.34 Å². The van der Waals surface area contributed by atoms with Crippen LogP contribution in [0.1, 0.15) is 19.8 Å². The fraction of sp³-hybridized carbons (Fsp3) is 0.500. The molecule has 5 heteroatoms. The van der Waals surface area contributed by atoms with E-state index in [1.54, 1.807) is 0 Å². The molecule has 0 spiro atoms. The van der Waals surface area contributed by atoms with Crippen LogP contribution in [0.25, 0.3) is 11.0 Å². The van der Waals surface area contributed by atoms with Crippen molar-refractivity contribution in [1.29, 1.82) is 0 Å². The number of rotatable bonds is 3.